The third-order valence-corrected chi connectivity index (χ3v) is 4.56. The second-order valence-corrected chi connectivity index (χ2v) is 6.39. The normalized spacial score (nSPS) is 10.7. The molecule has 1 aromatic heterocycles. The van der Waals surface area contributed by atoms with E-state index in [1.165, 1.54) is 18.8 Å². The van der Waals surface area contributed by atoms with Gasteiger partial charge < -0.3 is 19.2 Å². The van der Waals surface area contributed by atoms with Crippen LogP contribution in [-0.2, 0) is 0 Å². The molecular formula is C19H18Cl2N2O4. The Morgan fingerprint density at radius 1 is 1.00 bits per heavy atom. The van der Waals surface area contributed by atoms with Gasteiger partial charge in [0.1, 0.15) is 17.2 Å². The molecule has 0 radical (unpaired) electrons. The number of H-pyrrole nitrogens is 1. The van der Waals surface area contributed by atoms with Crippen molar-refractivity contribution in [2.45, 2.75) is 6.92 Å². The highest BCUT2D eigenvalue weighted by molar-refractivity contribution is 6.32. The van der Waals surface area contributed by atoms with Crippen LogP contribution in [0.4, 0.5) is 0 Å². The second kappa shape index (κ2) is 7.98. The van der Waals surface area contributed by atoms with Gasteiger partial charge in [-0.3, -0.25) is 4.57 Å². The number of imidazole rings is 1. The van der Waals surface area contributed by atoms with Gasteiger partial charge in [-0.05, 0) is 31.2 Å². The predicted octanol–water partition coefficient (Wildman–Crippen LogP) is 4.56. The summed E-state index contributed by atoms with van der Waals surface area (Å²) in [6.07, 6.45) is 1.66. The predicted molar refractivity (Wildman–Crippen MR) is 106 cm³/mol. The third kappa shape index (κ3) is 3.77. The van der Waals surface area contributed by atoms with Crippen molar-refractivity contribution in [1.82, 2.24) is 9.55 Å². The zero-order chi connectivity index (χ0) is 19.6. The van der Waals surface area contributed by atoms with Crippen molar-refractivity contribution in [1.29, 1.82) is 0 Å². The summed E-state index contributed by atoms with van der Waals surface area (Å²) in [4.78, 5) is 15.3. The van der Waals surface area contributed by atoms with Crippen LogP contribution in [0.1, 0.15) is 6.92 Å². The highest BCUT2D eigenvalue weighted by Crippen LogP contribution is 2.35. The van der Waals surface area contributed by atoms with E-state index in [9.17, 15) is 4.79 Å². The molecule has 0 fully saturated rings. The summed E-state index contributed by atoms with van der Waals surface area (Å²) in [5.74, 6) is 1.50. The first-order chi connectivity index (χ1) is 13.0. The van der Waals surface area contributed by atoms with Crippen molar-refractivity contribution in [3.05, 3.63) is 57.1 Å². The van der Waals surface area contributed by atoms with Crippen molar-refractivity contribution >= 4 is 23.2 Å². The van der Waals surface area contributed by atoms with Gasteiger partial charge in [-0.25, -0.2) is 4.79 Å². The summed E-state index contributed by atoms with van der Waals surface area (Å²) in [6, 6.07) is 8.57. The number of rotatable bonds is 6. The van der Waals surface area contributed by atoms with E-state index in [1.54, 1.807) is 30.5 Å². The molecule has 0 amide bonds. The first kappa shape index (κ1) is 19.2. The van der Waals surface area contributed by atoms with Crippen LogP contribution in [0, 0.1) is 0 Å². The molecule has 0 aliphatic heterocycles. The summed E-state index contributed by atoms with van der Waals surface area (Å²) >= 11 is 12.5. The molecule has 0 unspecified atom stereocenters. The summed E-state index contributed by atoms with van der Waals surface area (Å²) in [7, 11) is 3.02. The van der Waals surface area contributed by atoms with E-state index >= 15 is 0 Å². The zero-order valence-corrected chi connectivity index (χ0v) is 16.5. The molecule has 142 valence electrons. The summed E-state index contributed by atoms with van der Waals surface area (Å²) < 4.78 is 17.4. The average Bonchev–Trinajstić information content (AvgIpc) is 3.05. The first-order valence-corrected chi connectivity index (χ1v) is 8.90. The smallest absolute Gasteiger partial charge is 0.330 e. The number of aromatic nitrogens is 2. The number of methoxy groups -OCH3 is 2. The fourth-order valence-electron chi connectivity index (χ4n) is 2.69. The first-order valence-electron chi connectivity index (χ1n) is 8.14. The minimum atomic E-state index is -0.338. The Bertz CT molecular complexity index is 1030. The Morgan fingerprint density at radius 3 is 2.33 bits per heavy atom. The number of hydrogen-bond acceptors (Lipinski definition) is 4. The van der Waals surface area contributed by atoms with Crippen LogP contribution in [-0.4, -0.2) is 30.4 Å². The number of ether oxygens (including phenoxy) is 3. The second-order valence-electron chi connectivity index (χ2n) is 5.58. The summed E-state index contributed by atoms with van der Waals surface area (Å²) in [6.45, 7) is 2.40. The fraction of sp³-hybridized carbons (Fsp3) is 0.211. The Hall–Kier alpha value is -2.57. The monoisotopic (exact) mass is 408 g/mol. The van der Waals surface area contributed by atoms with Gasteiger partial charge >= 0.3 is 5.69 Å². The van der Waals surface area contributed by atoms with Crippen molar-refractivity contribution in [3.63, 3.8) is 0 Å². The van der Waals surface area contributed by atoms with Gasteiger partial charge in [0.05, 0.1) is 42.3 Å². The standard InChI is InChI=1S/C19H18Cl2N2O4/c1-4-27-16-6-5-11(7-12(16)20)14-10-23(19(24)22-14)15-8-13(21)17(25-2)9-18(15)26-3/h5-10H,4H2,1-3H3,(H,22,24). The van der Waals surface area contributed by atoms with E-state index in [-0.39, 0.29) is 5.69 Å². The minimum Gasteiger partial charge on any atom is -0.495 e. The van der Waals surface area contributed by atoms with Crippen LogP contribution in [0.5, 0.6) is 17.2 Å². The lowest BCUT2D eigenvalue weighted by molar-refractivity contribution is 0.340. The molecule has 1 N–H and O–H groups in total. The van der Waals surface area contributed by atoms with Gasteiger partial charge in [0.25, 0.3) is 0 Å². The zero-order valence-electron chi connectivity index (χ0n) is 15.0. The molecule has 0 bridgehead atoms. The van der Waals surface area contributed by atoms with Crippen molar-refractivity contribution in [3.8, 4) is 34.2 Å². The number of halogens is 2. The average molecular weight is 409 g/mol. The molecular weight excluding hydrogens is 391 g/mol. The molecule has 27 heavy (non-hydrogen) atoms. The maximum absolute atomic E-state index is 12.5. The van der Waals surface area contributed by atoms with Gasteiger partial charge in [-0.2, -0.15) is 0 Å². The Balaban J connectivity index is 2.07. The van der Waals surface area contributed by atoms with Gasteiger partial charge in [-0.1, -0.05) is 23.2 Å². The summed E-state index contributed by atoms with van der Waals surface area (Å²) in [5.41, 5.74) is 1.50. The molecule has 0 spiro atoms. The Labute approximate surface area is 166 Å². The molecule has 0 aliphatic carbocycles. The van der Waals surface area contributed by atoms with Gasteiger partial charge in [0.2, 0.25) is 0 Å². The largest absolute Gasteiger partial charge is 0.495 e. The molecule has 0 saturated carbocycles. The van der Waals surface area contributed by atoms with Crippen LogP contribution in [0.25, 0.3) is 16.9 Å². The Kier molecular flexibility index (Phi) is 5.68. The topological polar surface area (TPSA) is 65.5 Å². The van der Waals surface area contributed by atoms with Gasteiger partial charge in [0, 0.05) is 17.8 Å². The summed E-state index contributed by atoms with van der Waals surface area (Å²) in [5, 5.41) is 0.833. The number of nitrogens with one attached hydrogen (secondary N) is 1. The molecule has 0 saturated heterocycles. The molecule has 1 heterocycles. The van der Waals surface area contributed by atoms with Crippen LogP contribution in [0.3, 0.4) is 0 Å². The quantitative estimate of drug-likeness (QED) is 0.649. The fourth-order valence-corrected chi connectivity index (χ4v) is 3.16. The maximum atomic E-state index is 12.5. The van der Waals surface area contributed by atoms with Crippen LogP contribution >= 0.6 is 23.2 Å². The highest BCUT2D eigenvalue weighted by atomic mass is 35.5. The molecule has 2 aromatic carbocycles. The number of nitrogens with zero attached hydrogens (tertiary/aromatic N) is 1. The van der Waals surface area contributed by atoms with Gasteiger partial charge in [0.15, 0.2) is 0 Å². The SMILES string of the molecule is CCOc1ccc(-c2cn(-c3cc(Cl)c(OC)cc3OC)c(=O)[nH]2)cc1Cl. The van der Waals surface area contributed by atoms with E-state index in [1.807, 2.05) is 13.0 Å². The lowest BCUT2D eigenvalue weighted by Crippen LogP contribution is -2.15. The van der Waals surface area contributed by atoms with Crippen LogP contribution in [0.15, 0.2) is 41.3 Å². The molecule has 3 rings (SSSR count). The molecule has 3 aromatic rings. The van der Waals surface area contributed by atoms with E-state index in [0.29, 0.717) is 45.3 Å². The van der Waals surface area contributed by atoms with E-state index in [0.717, 1.165) is 5.56 Å². The minimum absolute atomic E-state index is 0.338. The molecule has 8 heteroatoms. The van der Waals surface area contributed by atoms with E-state index < -0.39 is 0 Å². The maximum Gasteiger partial charge on any atom is 0.330 e. The molecule has 0 aliphatic rings. The van der Waals surface area contributed by atoms with Crippen LogP contribution < -0.4 is 19.9 Å². The van der Waals surface area contributed by atoms with Crippen molar-refractivity contribution < 1.29 is 14.2 Å². The lowest BCUT2D eigenvalue weighted by atomic mass is 10.1. The Morgan fingerprint density at radius 2 is 1.70 bits per heavy atom. The number of benzene rings is 2. The van der Waals surface area contributed by atoms with E-state index in [4.69, 9.17) is 37.4 Å². The van der Waals surface area contributed by atoms with Crippen molar-refractivity contribution in [2.24, 2.45) is 0 Å². The molecule has 0 atom stereocenters. The van der Waals surface area contributed by atoms with Crippen LogP contribution in [0.2, 0.25) is 10.0 Å². The third-order valence-electron chi connectivity index (χ3n) is 3.97. The van der Waals surface area contributed by atoms with E-state index in [2.05, 4.69) is 4.98 Å². The number of hydrogen-bond donors (Lipinski definition) is 1. The lowest BCUT2D eigenvalue weighted by Gasteiger charge is -2.12. The highest BCUT2D eigenvalue weighted by Gasteiger charge is 2.15. The van der Waals surface area contributed by atoms with Gasteiger partial charge in [-0.15, -0.1) is 0 Å². The number of aromatic amines is 1. The van der Waals surface area contributed by atoms with Crippen molar-refractivity contribution in [2.75, 3.05) is 20.8 Å². The molecule has 6 nitrogen and oxygen atoms in total.